The van der Waals surface area contributed by atoms with Gasteiger partial charge in [0.1, 0.15) is 0 Å². The van der Waals surface area contributed by atoms with Crippen LogP contribution < -0.4 is 10.2 Å². The van der Waals surface area contributed by atoms with E-state index in [1.165, 1.54) is 25.7 Å². The third-order valence-electron chi connectivity index (χ3n) is 4.64. The molecule has 0 radical (unpaired) electrons. The summed E-state index contributed by atoms with van der Waals surface area (Å²) in [6.45, 7) is 4.41. The van der Waals surface area contributed by atoms with Crippen molar-refractivity contribution in [2.45, 2.75) is 25.7 Å². The Balaban J connectivity index is 1.66. The zero-order valence-corrected chi connectivity index (χ0v) is 11.5. The van der Waals surface area contributed by atoms with Crippen LogP contribution in [0.5, 0.6) is 0 Å². The van der Waals surface area contributed by atoms with Gasteiger partial charge in [0.2, 0.25) is 0 Å². The molecule has 20 heavy (non-hydrogen) atoms. The Morgan fingerprint density at radius 3 is 3.05 bits per heavy atom. The highest BCUT2D eigenvalue weighted by Crippen LogP contribution is 2.37. The molecule has 2 saturated heterocycles. The van der Waals surface area contributed by atoms with E-state index in [4.69, 9.17) is 0 Å². The van der Waals surface area contributed by atoms with Crippen LogP contribution in [0.3, 0.4) is 0 Å². The molecule has 1 atom stereocenters. The van der Waals surface area contributed by atoms with Crippen molar-refractivity contribution in [2.75, 3.05) is 31.1 Å². The van der Waals surface area contributed by atoms with Crippen LogP contribution >= 0.6 is 0 Å². The van der Waals surface area contributed by atoms with Gasteiger partial charge in [-0.3, -0.25) is 4.98 Å². The second kappa shape index (κ2) is 4.66. The number of fused-ring (bicyclic) bond motifs is 1. The molecule has 2 aromatic heterocycles. The first-order valence-corrected chi connectivity index (χ1v) is 7.34. The Bertz CT molecular complexity index is 596. The lowest BCUT2D eigenvalue weighted by Crippen LogP contribution is -2.51. The first kappa shape index (κ1) is 12.0. The largest absolute Gasteiger partial charge is 0.355 e. The number of piperidine rings is 2. The number of aromatic nitrogens is 5. The molecular weight excluding hydrogens is 254 g/mol. The second-order valence-corrected chi connectivity index (χ2v) is 6.02. The summed E-state index contributed by atoms with van der Waals surface area (Å²) in [5.74, 6) is 1.01. The molecule has 2 aliphatic rings. The van der Waals surface area contributed by atoms with Crippen LogP contribution in [0.25, 0.3) is 5.65 Å². The van der Waals surface area contributed by atoms with E-state index in [0.717, 1.165) is 32.0 Å². The first-order chi connectivity index (χ1) is 9.86. The fourth-order valence-corrected chi connectivity index (χ4v) is 3.66. The second-order valence-electron chi connectivity index (χ2n) is 6.02. The summed E-state index contributed by atoms with van der Waals surface area (Å²) in [6.07, 6.45) is 8.70. The van der Waals surface area contributed by atoms with Crippen LogP contribution in [0, 0.1) is 5.41 Å². The van der Waals surface area contributed by atoms with Gasteiger partial charge in [0.05, 0.1) is 12.4 Å². The van der Waals surface area contributed by atoms with Gasteiger partial charge in [0.25, 0.3) is 0 Å². The van der Waals surface area contributed by atoms with Crippen molar-refractivity contribution in [3.63, 3.8) is 0 Å². The molecule has 4 heterocycles. The predicted octanol–water partition coefficient (Wildman–Crippen LogP) is 0.489. The highest BCUT2D eigenvalue weighted by Gasteiger charge is 2.37. The highest BCUT2D eigenvalue weighted by atomic mass is 15.5. The maximum Gasteiger partial charge on any atom is 0.199 e. The Kier molecular flexibility index (Phi) is 2.80. The van der Waals surface area contributed by atoms with Crippen LogP contribution in [-0.2, 0) is 0 Å². The summed E-state index contributed by atoms with van der Waals surface area (Å²) in [4.78, 5) is 6.67. The Hall–Kier alpha value is -1.76. The average molecular weight is 273 g/mol. The normalized spacial score (nSPS) is 27.3. The molecule has 0 amide bonds. The molecule has 106 valence electrons. The fourth-order valence-electron chi connectivity index (χ4n) is 3.66. The molecule has 0 bridgehead atoms. The van der Waals surface area contributed by atoms with Gasteiger partial charge in [0.15, 0.2) is 11.5 Å². The van der Waals surface area contributed by atoms with Crippen molar-refractivity contribution in [3.05, 3.63) is 12.4 Å². The van der Waals surface area contributed by atoms with Gasteiger partial charge in [-0.25, -0.2) is 0 Å². The number of rotatable bonds is 1. The summed E-state index contributed by atoms with van der Waals surface area (Å²) in [5.41, 5.74) is 1.12. The highest BCUT2D eigenvalue weighted by molar-refractivity contribution is 5.46. The topological polar surface area (TPSA) is 71.2 Å². The Morgan fingerprint density at radius 1 is 1.20 bits per heavy atom. The van der Waals surface area contributed by atoms with Crippen LogP contribution in [0.15, 0.2) is 12.4 Å². The van der Waals surface area contributed by atoms with E-state index in [1.807, 2.05) is 6.20 Å². The van der Waals surface area contributed by atoms with E-state index in [1.54, 1.807) is 10.7 Å². The molecule has 1 N–H and O–H groups in total. The van der Waals surface area contributed by atoms with Gasteiger partial charge in [0, 0.05) is 25.0 Å². The molecule has 0 aliphatic carbocycles. The predicted molar refractivity (Wildman–Crippen MR) is 74.6 cm³/mol. The quantitative estimate of drug-likeness (QED) is 0.815. The van der Waals surface area contributed by atoms with Crippen molar-refractivity contribution < 1.29 is 0 Å². The lowest BCUT2D eigenvalue weighted by molar-refractivity contribution is 0.172. The molecule has 2 aromatic rings. The molecule has 1 spiro atoms. The van der Waals surface area contributed by atoms with E-state index in [9.17, 15) is 0 Å². The van der Waals surface area contributed by atoms with E-state index in [2.05, 4.69) is 30.7 Å². The standard InChI is InChI=1S/C13H19N7/c1-3-13(9-14-5-1)4-2-6-19(10-13)12-8-15-7-11-16-17-18-20(11)12/h7-8,14H,1-6,9-10H2. The molecule has 2 fully saturated rings. The van der Waals surface area contributed by atoms with Crippen LogP contribution in [0.1, 0.15) is 25.7 Å². The summed E-state index contributed by atoms with van der Waals surface area (Å²) >= 11 is 0. The van der Waals surface area contributed by atoms with Gasteiger partial charge in [-0.2, -0.15) is 4.52 Å². The van der Waals surface area contributed by atoms with Gasteiger partial charge in [-0.15, -0.1) is 5.10 Å². The van der Waals surface area contributed by atoms with Crippen molar-refractivity contribution in [2.24, 2.45) is 5.41 Å². The van der Waals surface area contributed by atoms with Crippen molar-refractivity contribution in [1.82, 2.24) is 30.3 Å². The van der Waals surface area contributed by atoms with E-state index >= 15 is 0 Å². The Morgan fingerprint density at radius 2 is 2.15 bits per heavy atom. The number of nitrogens with zero attached hydrogens (tertiary/aromatic N) is 6. The smallest absolute Gasteiger partial charge is 0.199 e. The molecule has 1 unspecified atom stereocenters. The maximum absolute atomic E-state index is 4.27. The van der Waals surface area contributed by atoms with E-state index < -0.39 is 0 Å². The number of hydrogen-bond acceptors (Lipinski definition) is 6. The summed E-state index contributed by atoms with van der Waals surface area (Å²) in [7, 11) is 0. The summed E-state index contributed by atoms with van der Waals surface area (Å²) in [5, 5.41) is 15.4. The molecule has 0 saturated carbocycles. The number of hydrogen-bond donors (Lipinski definition) is 1. The third kappa shape index (κ3) is 1.93. The zero-order valence-electron chi connectivity index (χ0n) is 11.5. The lowest BCUT2D eigenvalue weighted by Gasteiger charge is -2.45. The Labute approximate surface area is 117 Å². The molecule has 7 nitrogen and oxygen atoms in total. The first-order valence-electron chi connectivity index (χ1n) is 7.34. The minimum absolute atomic E-state index is 0.409. The van der Waals surface area contributed by atoms with Gasteiger partial charge in [-0.05, 0) is 42.7 Å². The van der Waals surface area contributed by atoms with Crippen molar-refractivity contribution in [3.8, 4) is 0 Å². The zero-order chi connectivity index (χ0) is 13.4. The minimum atomic E-state index is 0.409. The van der Waals surface area contributed by atoms with Crippen molar-refractivity contribution >= 4 is 11.5 Å². The van der Waals surface area contributed by atoms with Crippen LogP contribution in [-0.4, -0.2) is 51.2 Å². The summed E-state index contributed by atoms with van der Waals surface area (Å²) in [6, 6.07) is 0. The van der Waals surface area contributed by atoms with Crippen molar-refractivity contribution in [1.29, 1.82) is 0 Å². The number of anilines is 1. The van der Waals surface area contributed by atoms with Crippen LogP contribution in [0.4, 0.5) is 5.82 Å². The van der Waals surface area contributed by atoms with Gasteiger partial charge < -0.3 is 10.2 Å². The fraction of sp³-hybridized carbons (Fsp3) is 0.692. The molecule has 0 aromatic carbocycles. The van der Waals surface area contributed by atoms with Crippen LogP contribution in [0.2, 0.25) is 0 Å². The van der Waals surface area contributed by atoms with E-state index in [-0.39, 0.29) is 0 Å². The summed E-state index contributed by atoms with van der Waals surface area (Å²) < 4.78 is 1.79. The molecule has 4 rings (SSSR count). The molecular formula is C13H19N7. The SMILES string of the molecule is c1ncc2nnnn2c1N1CCCC2(CCCNC2)C1. The monoisotopic (exact) mass is 273 g/mol. The molecule has 2 aliphatic heterocycles. The maximum atomic E-state index is 4.27. The minimum Gasteiger partial charge on any atom is -0.355 e. The lowest BCUT2D eigenvalue weighted by atomic mass is 9.74. The molecule has 7 heteroatoms. The number of tetrazole rings is 1. The van der Waals surface area contributed by atoms with Gasteiger partial charge in [-0.1, -0.05) is 0 Å². The average Bonchev–Trinajstić information content (AvgIpc) is 2.96. The third-order valence-corrected chi connectivity index (χ3v) is 4.64. The number of nitrogens with one attached hydrogen (secondary N) is 1. The van der Waals surface area contributed by atoms with Gasteiger partial charge >= 0.3 is 0 Å². The van der Waals surface area contributed by atoms with E-state index in [0.29, 0.717) is 11.1 Å².